The molecule has 0 saturated carbocycles. The summed E-state index contributed by atoms with van der Waals surface area (Å²) in [7, 11) is 3.32. The first-order chi connectivity index (χ1) is 9.61. The van der Waals surface area contributed by atoms with Gasteiger partial charge in [-0.1, -0.05) is 45.6 Å². The van der Waals surface area contributed by atoms with E-state index in [9.17, 15) is 0 Å². The highest BCUT2D eigenvalue weighted by Crippen LogP contribution is 2.36. The molecule has 0 atom stereocenters. The van der Waals surface area contributed by atoms with Crippen LogP contribution in [0.5, 0.6) is 11.5 Å². The van der Waals surface area contributed by atoms with Gasteiger partial charge < -0.3 is 15.2 Å². The zero-order chi connectivity index (χ0) is 15.0. The van der Waals surface area contributed by atoms with Crippen molar-refractivity contribution in [2.45, 2.75) is 57.9 Å². The average Bonchev–Trinajstić information content (AvgIpc) is 2.50. The fourth-order valence-electron chi connectivity index (χ4n) is 2.54. The Kier molecular flexibility index (Phi) is 6.86. The molecule has 1 aromatic carbocycles. The van der Waals surface area contributed by atoms with Gasteiger partial charge in [0, 0.05) is 5.54 Å². The van der Waals surface area contributed by atoms with E-state index in [4.69, 9.17) is 15.2 Å². The fourth-order valence-corrected chi connectivity index (χ4v) is 2.54. The highest BCUT2D eigenvalue weighted by atomic mass is 16.5. The van der Waals surface area contributed by atoms with Crippen molar-refractivity contribution in [2.75, 3.05) is 14.2 Å². The molecule has 1 aromatic rings. The molecule has 0 heterocycles. The van der Waals surface area contributed by atoms with Gasteiger partial charge in [-0.15, -0.1) is 0 Å². The van der Waals surface area contributed by atoms with Crippen molar-refractivity contribution < 1.29 is 9.47 Å². The number of rotatable bonds is 9. The van der Waals surface area contributed by atoms with E-state index in [1.54, 1.807) is 14.2 Å². The first-order valence-electron chi connectivity index (χ1n) is 7.62. The maximum absolute atomic E-state index is 6.71. The Balaban J connectivity index is 3.05. The largest absolute Gasteiger partial charge is 0.493 e. The molecule has 0 bridgehead atoms. The summed E-state index contributed by atoms with van der Waals surface area (Å²) in [6.07, 6.45) is 6.65. The molecule has 0 fully saturated rings. The highest BCUT2D eigenvalue weighted by Gasteiger charge is 2.27. The second kappa shape index (κ2) is 8.15. The van der Waals surface area contributed by atoms with Crippen LogP contribution in [0.2, 0.25) is 0 Å². The molecule has 0 aliphatic rings. The van der Waals surface area contributed by atoms with Gasteiger partial charge in [-0.25, -0.2) is 0 Å². The molecule has 114 valence electrons. The monoisotopic (exact) mass is 279 g/mol. The van der Waals surface area contributed by atoms with E-state index in [2.05, 4.69) is 19.9 Å². The van der Waals surface area contributed by atoms with Crippen LogP contribution in [0.15, 0.2) is 18.2 Å². The third-order valence-corrected chi connectivity index (χ3v) is 3.91. The Morgan fingerprint density at radius 2 is 1.50 bits per heavy atom. The van der Waals surface area contributed by atoms with Crippen LogP contribution in [0.25, 0.3) is 0 Å². The summed E-state index contributed by atoms with van der Waals surface area (Å²) in [6, 6.07) is 6.06. The van der Waals surface area contributed by atoms with Crippen LogP contribution in [-0.4, -0.2) is 14.2 Å². The minimum absolute atomic E-state index is 0.258. The number of unbranched alkanes of at least 4 members (excludes halogenated alkanes) is 2. The molecule has 3 nitrogen and oxygen atoms in total. The van der Waals surface area contributed by atoms with Crippen LogP contribution in [-0.2, 0) is 5.54 Å². The van der Waals surface area contributed by atoms with Crippen LogP contribution in [0.3, 0.4) is 0 Å². The van der Waals surface area contributed by atoms with Gasteiger partial charge in [-0.05, 0) is 30.5 Å². The molecule has 20 heavy (non-hydrogen) atoms. The van der Waals surface area contributed by atoms with Crippen molar-refractivity contribution in [1.82, 2.24) is 0 Å². The van der Waals surface area contributed by atoms with Crippen molar-refractivity contribution in [3.63, 3.8) is 0 Å². The Morgan fingerprint density at radius 3 is 1.95 bits per heavy atom. The van der Waals surface area contributed by atoms with Gasteiger partial charge in [0.1, 0.15) is 0 Å². The van der Waals surface area contributed by atoms with E-state index < -0.39 is 0 Å². The smallest absolute Gasteiger partial charge is 0.161 e. The maximum Gasteiger partial charge on any atom is 0.161 e. The Bertz CT molecular complexity index is 396. The van der Waals surface area contributed by atoms with E-state index in [1.807, 2.05) is 12.1 Å². The van der Waals surface area contributed by atoms with E-state index in [0.29, 0.717) is 0 Å². The number of methoxy groups -OCH3 is 2. The van der Waals surface area contributed by atoms with Crippen LogP contribution < -0.4 is 15.2 Å². The molecule has 0 aliphatic carbocycles. The van der Waals surface area contributed by atoms with Crippen LogP contribution in [0.4, 0.5) is 0 Å². The molecule has 0 amide bonds. The number of nitrogens with two attached hydrogens (primary N) is 1. The summed E-state index contributed by atoms with van der Waals surface area (Å²) < 4.78 is 10.7. The van der Waals surface area contributed by atoms with Gasteiger partial charge in [-0.3, -0.25) is 0 Å². The SMILES string of the molecule is CCCCC(N)(CCCC)c1ccc(OC)c(OC)c1. The molecular weight excluding hydrogens is 250 g/mol. The van der Waals surface area contributed by atoms with Gasteiger partial charge in [0.15, 0.2) is 11.5 Å². The number of ether oxygens (including phenoxy) is 2. The van der Waals surface area contributed by atoms with Gasteiger partial charge in [0.25, 0.3) is 0 Å². The quantitative estimate of drug-likeness (QED) is 0.735. The molecule has 3 heteroatoms. The van der Waals surface area contributed by atoms with E-state index >= 15 is 0 Å². The Labute approximate surface area is 123 Å². The topological polar surface area (TPSA) is 44.5 Å². The first-order valence-corrected chi connectivity index (χ1v) is 7.62. The molecule has 0 aliphatic heterocycles. The molecule has 0 radical (unpaired) electrons. The summed E-state index contributed by atoms with van der Waals surface area (Å²) in [5.74, 6) is 1.51. The zero-order valence-electron chi connectivity index (χ0n) is 13.4. The second-order valence-electron chi connectivity index (χ2n) is 5.43. The Hall–Kier alpha value is -1.22. The van der Waals surface area contributed by atoms with E-state index in [-0.39, 0.29) is 5.54 Å². The standard InChI is InChI=1S/C17H29NO2/c1-5-7-11-17(18,12-8-6-2)14-9-10-15(19-3)16(13-14)20-4/h9-10,13H,5-8,11-12,18H2,1-4H3. The lowest BCUT2D eigenvalue weighted by molar-refractivity contribution is 0.339. The fraction of sp³-hybridized carbons (Fsp3) is 0.647. The third kappa shape index (κ3) is 4.14. The summed E-state index contributed by atoms with van der Waals surface area (Å²) >= 11 is 0. The average molecular weight is 279 g/mol. The van der Waals surface area contributed by atoms with Crippen LogP contribution in [0.1, 0.15) is 57.9 Å². The normalized spacial score (nSPS) is 11.4. The summed E-state index contributed by atoms with van der Waals surface area (Å²) in [6.45, 7) is 4.41. The van der Waals surface area contributed by atoms with Crippen LogP contribution >= 0.6 is 0 Å². The van der Waals surface area contributed by atoms with Gasteiger partial charge in [0.05, 0.1) is 14.2 Å². The van der Waals surface area contributed by atoms with Crippen molar-refractivity contribution in [1.29, 1.82) is 0 Å². The third-order valence-electron chi connectivity index (χ3n) is 3.91. The van der Waals surface area contributed by atoms with Gasteiger partial charge in [-0.2, -0.15) is 0 Å². The number of hydrogen-bond acceptors (Lipinski definition) is 3. The zero-order valence-corrected chi connectivity index (χ0v) is 13.4. The molecule has 0 saturated heterocycles. The molecular formula is C17H29NO2. The predicted octanol–water partition coefficient (Wildman–Crippen LogP) is 4.24. The Morgan fingerprint density at radius 1 is 0.950 bits per heavy atom. The highest BCUT2D eigenvalue weighted by molar-refractivity contribution is 5.45. The number of hydrogen-bond donors (Lipinski definition) is 1. The molecule has 2 N–H and O–H groups in total. The second-order valence-corrected chi connectivity index (χ2v) is 5.43. The van der Waals surface area contributed by atoms with Crippen LogP contribution in [0, 0.1) is 0 Å². The molecule has 1 rings (SSSR count). The summed E-state index contributed by atoms with van der Waals surface area (Å²) in [5, 5.41) is 0. The lowest BCUT2D eigenvalue weighted by Crippen LogP contribution is -2.36. The van der Waals surface area contributed by atoms with E-state index in [0.717, 1.165) is 42.7 Å². The lowest BCUT2D eigenvalue weighted by Gasteiger charge is -2.31. The summed E-state index contributed by atoms with van der Waals surface area (Å²) in [4.78, 5) is 0. The van der Waals surface area contributed by atoms with Crippen molar-refractivity contribution >= 4 is 0 Å². The lowest BCUT2D eigenvalue weighted by atomic mass is 9.81. The predicted molar refractivity (Wildman–Crippen MR) is 84.5 cm³/mol. The van der Waals surface area contributed by atoms with Crippen molar-refractivity contribution in [3.8, 4) is 11.5 Å². The van der Waals surface area contributed by atoms with Crippen molar-refractivity contribution in [2.24, 2.45) is 5.73 Å². The molecule has 0 aromatic heterocycles. The molecule has 0 unspecified atom stereocenters. The van der Waals surface area contributed by atoms with Gasteiger partial charge >= 0.3 is 0 Å². The maximum atomic E-state index is 6.71. The van der Waals surface area contributed by atoms with Crippen molar-refractivity contribution in [3.05, 3.63) is 23.8 Å². The minimum atomic E-state index is -0.258. The van der Waals surface area contributed by atoms with E-state index in [1.165, 1.54) is 12.8 Å². The first kappa shape index (κ1) is 16.8. The number of benzene rings is 1. The molecule has 0 spiro atoms. The minimum Gasteiger partial charge on any atom is -0.493 e. The van der Waals surface area contributed by atoms with Gasteiger partial charge in [0.2, 0.25) is 0 Å². The summed E-state index contributed by atoms with van der Waals surface area (Å²) in [5.41, 5.74) is 7.60.